The molecule has 1 heterocycles. The average Bonchev–Trinajstić information content (AvgIpc) is 2.42. The summed E-state index contributed by atoms with van der Waals surface area (Å²) in [7, 11) is 2.06. The summed E-state index contributed by atoms with van der Waals surface area (Å²) >= 11 is 0. The summed E-state index contributed by atoms with van der Waals surface area (Å²) in [5, 5.41) is 10.7. The molecule has 1 aliphatic rings. The van der Waals surface area contributed by atoms with Gasteiger partial charge in [-0.1, -0.05) is 31.2 Å². The molecule has 15 heavy (non-hydrogen) atoms. The molecular weight excluding hydrogens is 186 g/mol. The zero-order valence-corrected chi connectivity index (χ0v) is 9.70. The predicted molar refractivity (Wildman–Crippen MR) is 61.7 cm³/mol. The first kappa shape index (κ1) is 10.7. The highest BCUT2D eigenvalue weighted by Crippen LogP contribution is 2.37. The van der Waals surface area contributed by atoms with Gasteiger partial charge in [0.1, 0.15) is 5.60 Å². The Morgan fingerprint density at radius 3 is 2.60 bits per heavy atom. The van der Waals surface area contributed by atoms with Crippen LogP contribution >= 0.6 is 0 Å². The van der Waals surface area contributed by atoms with Crippen molar-refractivity contribution in [2.45, 2.75) is 19.4 Å². The van der Waals surface area contributed by atoms with Crippen molar-refractivity contribution in [3.05, 3.63) is 35.4 Å². The smallest absolute Gasteiger partial charge is 0.106 e. The van der Waals surface area contributed by atoms with Crippen molar-refractivity contribution in [3.8, 4) is 0 Å². The van der Waals surface area contributed by atoms with Crippen LogP contribution in [-0.4, -0.2) is 30.1 Å². The van der Waals surface area contributed by atoms with Crippen LogP contribution in [0.4, 0.5) is 0 Å². The standard InChI is InChI=1S/C13H19NO/c1-10-6-4-5-7-12(10)13(15)9-14(3)8-11(13)2/h4-7,11,15H,8-9H2,1-3H3/t11-,13+/m0/s1. The van der Waals surface area contributed by atoms with Gasteiger partial charge in [-0.25, -0.2) is 0 Å². The molecule has 0 spiro atoms. The molecule has 0 aliphatic carbocycles. The second-order valence-electron chi connectivity index (χ2n) is 4.84. The number of hydrogen-bond donors (Lipinski definition) is 1. The minimum absolute atomic E-state index is 0.295. The summed E-state index contributed by atoms with van der Waals surface area (Å²) in [6.45, 7) is 5.89. The quantitative estimate of drug-likeness (QED) is 0.755. The molecule has 0 bridgehead atoms. The highest BCUT2D eigenvalue weighted by atomic mass is 16.3. The van der Waals surface area contributed by atoms with Crippen LogP contribution in [0.15, 0.2) is 24.3 Å². The largest absolute Gasteiger partial charge is 0.383 e. The highest BCUT2D eigenvalue weighted by molar-refractivity contribution is 5.33. The van der Waals surface area contributed by atoms with Crippen molar-refractivity contribution in [2.24, 2.45) is 5.92 Å². The van der Waals surface area contributed by atoms with E-state index in [1.165, 1.54) is 5.56 Å². The molecular formula is C13H19NO. The molecule has 1 N–H and O–H groups in total. The minimum Gasteiger partial charge on any atom is -0.383 e. The first-order chi connectivity index (χ1) is 7.04. The molecule has 1 aliphatic heterocycles. The van der Waals surface area contributed by atoms with Gasteiger partial charge in [-0.15, -0.1) is 0 Å². The number of β-amino-alcohol motifs (C(OH)–C–C–N with tert-alkyl or cyclic N) is 1. The van der Waals surface area contributed by atoms with Gasteiger partial charge in [-0.05, 0) is 25.1 Å². The van der Waals surface area contributed by atoms with Crippen LogP contribution in [0.1, 0.15) is 18.1 Å². The molecule has 0 amide bonds. The van der Waals surface area contributed by atoms with E-state index in [0.29, 0.717) is 5.92 Å². The number of aryl methyl sites for hydroxylation is 1. The van der Waals surface area contributed by atoms with E-state index in [1.807, 2.05) is 18.2 Å². The Balaban J connectivity index is 2.42. The Morgan fingerprint density at radius 1 is 1.40 bits per heavy atom. The van der Waals surface area contributed by atoms with Crippen LogP contribution in [0.2, 0.25) is 0 Å². The third-order valence-electron chi connectivity index (χ3n) is 3.52. The summed E-state index contributed by atoms with van der Waals surface area (Å²) in [4.78, 5) is 2.19. The van der Waals surface area contributed by atoms with E-state index >= 15 is 0 Å². The molecule has 0 unspecified atom stereocenters. The molecule has 1 saturated heterocycles. The van der Waals surface area contributed by atoms with Crippen LogP contribution in [0.5, 0.6) is 0 Å². The number of hydrogen-bond acceptors (Lipinski definition) is 2. The predicted octanol–water partition coefficient (Wildman–Crippen LogP) is 1.76. The van der Waals surface area contributed by atoms with E-state index in [1.54, 1.807) is 0 Å². The Morgan fingerprint density at radius 2 is 2.07 bits per heavy atom. The van der Waals surface area contributed by atoms with Crippen LogP contribution < -0.4 is 0 Å². The van der Waals surface area contributed by atoms with Gasteiger partial charge >= 0.3 is 0 Å². The van der Waals surface area contributed by atoms with E-state index in [0.717, 1.165) is 18.7 Å². The fourth-order valence-electron chi connectivity index (χ4n) is 2.66. The molecule has 2 heteroatoms. The molecule has 1 fully saturated rings. The first-order valence-corrected chi connectivity index (χ1v) is 5.51. The minimum atomic E-state index is -0.667. The monoisotopic (exact) mass is 205 g/mol. The van der Waals surface area contributed by atoms with Gasteiger partial charge < -0.3 is 10.0 Å². The number of likely N-dealkylation sites (tertiary alicyclic amines) is 1. The molecule has 82 valence electrons. The van der Waals surface area contributed by atoms with Gasteiger partial charge in [0.2, 0.25) is 0 Å². The summed E-state index contributed by atoms with van der Waals surface area (Å²) in [5.74, 6) is 0.295. The molecule has 1 aromatic rings. The van der Waals surface area contributed by atoms with Crippen LogP contribution in [0.3, 0.4) is 0 Å². The van der Waals surface area contributed by atoms with Gasteiger partial charge in [0.15, 0.2) is 0 Å². The zero-order valence-electron chi connectivity index (χ0n) is 9.70. The zero-order chi connectivity index (χ0) is 11.1. The van der Waals surface area contributed by atoms with Crippen molar-refractivity contribution in [1.82, 2.24) is 4.90 Å². The lowest BCUT2D eigenvalue weighted by molar-refractivity contribution is 0.0140. The Kier molecular flexibility index (Phi) is 2.57. The highest BCUT2D eigenvalue weighted by Gasteiger charge is 2.43. The number of nitrogens with zero attached hydrogens (tertiary/aromatic N) is 1. The average molecular weight is 205 g/mol. The second-order valence-corrected chi connectivity index (χ2v) is 4.84. The summed E-state index contributed by atoms with van der Waals surface area (Å²) in [6.07, 6.45) is 0. The Hall–Kier alpha value is -0.860. The van der Waals surface area contributed by atoms with E-state index in [9.17, 15) is 5.11 Å². The second kappa shape index (κ2) is 3.62. The van der Waals surface area contributed by atoms with Gasteiger partial charge in [-0.2, -0.15) is 0 Å². The van der Waals surface area contributed by atoms with E-state index < -0.39 is 5.60 Å². The Bertz CT molecular complexity index is 363. The number of benzene rings is 1. The molecule has 0 saturated carbocycles. The molecule has 0 aromatic heterocycles. The maximum absolute atomic E-state index is 10.7. The Labute approximate surface area is 91.5 Å². The normalized spacial score (nSPS) is 32.1. The van der Waals surface area contributed by atoms with Crippen molar-refractivity contribution < 1.29 is 5.11 Å². The van der Waals surface area contributed by atoms with E-state index in [-0.39, 0.29) is 0 Å². The third-order valence-corrected chi connectivity index (χ3v) is 3.52. The molecule has 1 aromatic carbocycles. The lowest BCUT2D eigenvalue weighted by Crippen LogP contribution is -2.34. The lowest BCUT2D eigenvalue weighted by atomic mass is 9.83. The van der Waals surface area contributed by atoms with Crippen LogP contribution in [0.25, 0.3) is 0 Å². The van der Waals surface area contributed by atoms with Crippen molar-refractivity contribution in [1.29, 1.82) is 0 Å². The lowest BCUT2D eigenvalue weighted by Gasteiger charge is -2.29. The fourth-order valence-corrected chi connectivity index (χ4v) is 2.66. The summed E-state index contributed by atoms with van der Waals surface area (Å²) in [6, 6.07) is 8.14. The maximum atomic E-state index is 10.7. The summed E-state index contributed by atoms with van der Waals surface area (Å²) in [5.41, 5.74) is 1.60. The van der Waals surface area contributed by atoms with E-state index in [2.05, 4.69) is 31.9 Å². The first-order valence-electron chi connectivity index (χ1n) is 5.51. The number of likely N-dealkylation sites (N-methyl/N-ethyl adjacent to an activating group) is 1. The number of rotatable bonds is 1. The molecule has 0 radical (unpaired) electrons. The van der Waals surface area contributed by atoms with Crippen molar-refractivity contribution in [2.75, 3.05) is 20.1 Å². The molecule has 2 rings (SSSR count). The van der Waals surface area contributed by atoms with Crippen LogP contribution in [0, 0.1) is 12.8 Å². The van der Waals surface area contributed by atoms with Crippen LogP contribution in [-0.2, 0) is 5.60 Å². The van der Waals surface area contributed by atoms with E-state index in [4.69, 9.17) is 0 Å². The van der Waals surface area contributed by atoms with Gasteiger partial charge in [0.25, 0.3) is 0 Å². The molecule has 2 nitrogen and oxygen atoms in total. The SMILES string of the molecule is Cc1ccccc1[C@@]1(O)CN(C)C[C@@H]1C. The topological polar surface area (TPSA) is 23.5 Å². The van der Waals surface area contributed by atoms with Gasteiger partial charge in [-0.3, -0.25) is 0 Å². The van der Waals surface area contributed by atoms with Crippen molar-refractivity contribution in [3.63, 3.8) is 0 Å². The van der Waals surface area contributed by atoms with Crippen molar-refractivity contribution >= 4 is 0 Å². The molecule has 2 atom stereocenters. The fraction of sp³-hybridized carbons (Fsp3) is 0.538. The third kappa shape index (κ3) is 1.68. The van der Waals surface area contributed by atoms with Gasteiger partial charge in [0.05, 0.1) is 0 Å². The summed E-state index contributed by atoms with van der Waals surface area (Å²) < 4.78 is 0. The maximum Gasteiger partial charge on any atom is 0.106 e. The van der Waals surface area contributed by atoms with Gasteiger partial charge in [0, 0.05) is 19.0 Å². The number of aliphatic hydroxyl groups is 1.